The minimum Gasteiger partial charge on any atom is -0.461 e. The highest BCUT2D eigenvalue weighted by Crippen LogP contribution is 2.70. The van der Waals surface area contributed by atoms with Crippen molar-refractivity contribution in [1.29, 1.82) is 0 Å². The molecule has 4 saturated heterocycles. The monoisotopic (exact) mass is 730 g/mol. The number of imide groups is 2. The molecule has 9 fully saturated rings. The molecule has 10 rings (SSSR count). The van der Waals surface area contributed by atoms with E-state index in [-0.39, 0.29) is 47.4 Å². The number of nitrogens with one attached hydrogen (secondary N) is 2. The topological polar surface area (TPSA) is 144 Å². The molecular formula is C41H54N4O8. The molecule has 5 saturated carbocycles. The van der Waals surface area contributed by atoms with E-state index in [9.17, 15) is 24.0 Å². The first-order valence-electron chi connectivity index (χ1n) is 20.0. The maximum absolute atomic E-state index is 14.0. The van der Waals surface area contributed by atoms with Crippen molar-refractivity contribution >= 4 is 29.8 Å². The lowest BCUT2D eigenvalue weighted by Gasteiger charge is -2.70. The Morgan fingerprint density at radius 1 is 0.849 bits per heavy atom. The van der Waals surface area contributed by atoms with Gasteiger partial charge >= 0.3 is 18.0 Å². The van der Waals surface area contributed by atoms with Gasteiger partial charge in [0, 0.05) is 11.8 Å². The summed E-state index contributed by atoms with van der Waals surface area (Å²) in [4.78, 5) is 82.0. The lowest BCUT2D eigenvalue weighted by atomic mass is 9.42. The summed E-state index contributed by atoms with van der Waals surface area (Å²) in [5, 5.41) is 7.63. The van der Waals surface area contributed by atoms with Gasteiger partial charge in [-0.25, -0.2) is 9.59 Å². The van der Waals surface area contributed by atoms with Crippen molar-refractivity contribution in [2.24, 2.45) is 57.2 Å². The number of fused-ring (bicyclic) bond motifs is 4. The van der Waals surface area contributed by atoms with Crippen molar-refractivity contribution in [3.05, 3.63) is 35.9 Å². The van der Waals surface area contributed by atoms with Gasteiger partial charge < -0.3 is 4.74 Å². The van der Waals surface area contributed by atoms with E-state index in [1.807, 2.05) is 30.3 Å². The third-order valence-corrected chi connectivity index (χ3v) is 16.9. The van der Waals surface area contributed by atoms with Crippen LogP contribution in [0.5, 0.6) is 0 Å². The van der Waals surface area contributed by atoms with E-state index in [4.69, 9.17) is 14.4 Å². The Morgan fingerprint density at radius 3 is 2.19 bits per heavy atom. The van der Waals surface area contributed by atoms with E-state index < -0.39 is 46.8 Å². The molecule has 14 atom stereocenters. The molecule has 1 aromatic carbocycles. The van der Waals surface area contributed by atoms with E-state index in [0.717, 1.165) is 56.9 Å². The van der Waals surface area contributed by atoms with Crippen molar-refractivity contribution in [2.75, 3.05) is 0 Å². The number of ether oxygens (including phenoxy) is 1. The summed E-state index contributed by atoms with van der Waals surface area (Å²) in [5.74, 6) is 0.788. The highest BCUT2D eigenvalue weighted by atomic mass is 16.7. The second kappa shape index (κ2) is 12.0. The first kappa shape index (κ1) is 35.2. The fraction of sp³-hybridized carbons (Fsp3) is 0.732. The maximum atomic E-state index is 14.0. The molecular weight excluding hydrogens is 676 g/mol. The van der Waals surface area contributed by atoms with Gasteiger partial charge in [-0.2, -0.15) is 10.1 Å². The molecule has 1 aromatic rings. The highest BCUT2D eigenvalue weighted by Gasteiger charge is 2.83. The van der Waals surface area contributed by atoms with Crippen molar-refractivity contribution in [1.82, 2.24) is 20.8 Å². The summed E-state index contributed by atoms with van der Waals surface area (Å²) in [7, 11) is 0. The van der Waals surface area contributed by atoms with Crippen LogP contribution in [-0.2, 0) is 35.4 Å². The smallest absolute Gasteiger partial charge is 0.348 e. The van der Waals surface area contributed by atoms with E-state index >= 15 is 0 Å². The molecule has 53 heavy (non-hydrogen) atoms. The number of esters is 1. The van der Waals surface area contributed by atoms with Crippen LogP contribution in [0.2, 0.25) is 0 Å². The van der Waals surface area contributed by atoms with Crippen LogP contribution in [0.3, 0.4) is 0 Å². The van der Waals surface area contributed by atoms with Crippen molar-refractivity contribution < 1.29 is 38.4 Å². The van der Waals surface area contributed by atoms with Crippen LogP contribution in [0.4, 0.5) is 9.59 Å². The molecule has 4 aliphatic heterocycles. The quantitative estimate of drug-likeness (QED) is 0.345. The summed E-state index contributed by atoms with van der Waals surface area (Å²) in [6.45, 7) is 10.7. The van der Waals surface area contributed by atoms with Gasteiger partial charge in [0.05, 0.1) is 23.0 Å². The van der Waals surface area contributed by atoms with Crippen LogP contribution in [-0.4, -0.2) is 64.3 Å². The van der Waals surface area contributed by atoms with E-state index in [1.165, 1.54) is 10.1 Å². The summed E-state index contributed by atoms with van der Waals surface area (Å²) < 4.78 is 5.65. The molecule has 0 radical (unpaired) electrons. The lowest BCUT2D eigenvalue weighted by Crippen LogP contribution is -2.91. The highest BCUT2D eigenvalue weighted by molar-refractivity contribution is 6.10. The Hall–Kier alpha value is -3.51. The van der Waals surface area contributed by atoms with Crippen molar-refractivity contribution in [3.63, 3.8) is 0 Å². The summed E-state index contributed by atoms with van der Waals surface area (Å²) >= 11 is 0. The number of nitrogens with zero attached hydrogens (tertiary/aromatic N) is 2. The molecule has 4 heterocycles. The van der Waals surface area contributed by atoms with E-state index in [1.54, 1.807) is 13.8 Å². The fourth-order valence-electron chi connectivity index (χ4n) is 13.7. The minimum absolute atomic E-state index is 0.0498. The molecule has 2 N–H and O–H groups in total. The average Bonchev–Trinajstić information content (AvgIpc) is 3.50. The zero-order valence-corrected chi connectivity index (χ0v) is 31.6. The number of hydrogen-bond acceptors (Lipinski definition) is 8. The number of hydroxylamine groups is 4. The van der Waals surface area contributed by atoms with Gasteiger partial charge in [-0.1, -0.05) is 51.1 Å². The number of carbonyl (C=O) groups is 5. The van der Waals surface area contributed by atoms with Gasteiger partial charge in [0.25, 0.3) is 0 Å². The van der Waals surface area contributed by atoms with Gasteiger partial charge in [0.2, 0.25) is 11.8 Å². The van der Waals surface area contributed by atoms with E-state index in [2.05, 4.69) is 31.4 Å². The normalized spacial score (nSPS) is 45.8. The number of rotatable bonds is 6. The fourth-order valence-corrected chi connectivity index (χ4v) is 13.7. The molecule has 9 aliphatic rings. The number of benzene rings is 1. The van der Waals surface area contributed by atoms with Crippen LogP contribution in [0, 0.1) is 57.2 Å². The first-order chi connectivity index (χ1) is 25.2. The number of amides is 6. The molecule has 5 aliphatic carbocycles. The Morgan fingerprint density at radius 2 is 1.51 bits per heavy atom. The Labute approximate surface area is 311 Å². The lowest BCUT2D eigenvalue weighted by molar-refractivity contribution is -0.341. The van der Waals surface area contributed by atoms with Crippen LogP contribution in [0.15, 0.2) is 30.3 Å². The third kappa shape index (κ3) is 4.69. The molecule has 12 heteroatoms. The molecule has 12 nitrogen and oxygen atoms in total. The zero-order chi connectivity index (χ0) is 37.2. The van der Waals surface area contributed by atoms with Crippen LogP contribution >= 0.6 is 0 Å². The number of hydrogen-bond donors (Lipinski definition) is 2. The van der Waals surface area contributed by atoms with Gasteiger partial charge in [-0.05, 0) is 118 Å². The predicted octanol–water partition coefficient (Wildman–Crippen LogP) is 5.90. The summed E-state index contributed by atoms with van der Waals surface area (Å²) in [5.41, 5.74) is -2.05. The number of carbonyl (C=O) groups excluding carboxylic acids is 5. The van der Waals surface area contributed by atoms with Crippen LogP contribution < -0.4 is 10.6 Å². The largest absolute Gasteiger partial charge is 0.461 e. The molecule has 286 valence electrons. The average molecular weight is 731 g/mol. The standard InChI is InChI=1S/C41H54N4O8/c1-22(11-16-31(46)51-21-23-9-7-6-8-10-23)27-14-15-28-26-13-12-24-19-25-17-18-38(24,2)29(26)20-30(39(27,28)3)53-45-33-32-40(4,34(47)42-36(49)44(32)52-25)41(33,5)35(48)43-37(45)50/h6-10,22,24-30,32-33H,11-21H2,1-5H3,(H,42,47,49)(H,43,48,50)/t22-,24-,25-,26+,27-,28+,29+,30+,32?,33?,38+,39-,40-,41+/m1/s1. The predicted molar refractivity (Wildman–Crippen MR) is 190 cm³/mol. The molecule has 5 bridgehead atoms. The van der Waals surface area contributed by atoms with Crippen molar-refractivity contribution in [3.8, 4) is 0 Å². The Bertz CT molecular complexity index is 1740. The maximum Gasteiger partial charge on any atom is 0.348 e. The molecule has 0 spiro atoms. The SMILES string of the molecule is C[C@H](CCC(=O)OCc1ccccc1)[C@H]1CC[C@H]2[C@@H]3CC[C@@H]4C[C@H]5CC[C@]4(C)[C@H]3C[C@H](ON3C(=O)NC(=O)[C@]4(C)C3C3N(O5)C(=O)NC(=O)[C@@]34C)[C@]12C. The Balaban J connectivity index is 1.07. The van der Waals surface area contributed by atoms with Gasteiger partial charge in [0.1, 0.15) is 18.7 Å². The van der Waals surface area contributed by atoms with Crippen LogP contribution in [0.1, 0.15) is 104 Å². The van der Waals surface area contributed by atoms with Gasteiger partial charge in [-0.15, -0.1) is 0 Å². The Kier molecular flexibility index (Phi) is 7.97. The van der Waals surface area contributed by atoms with Gasteiger partial charge in [0.15, 0.2) is 0 Å². The van der Waals surface area contributed by atoms with E-state index in [0.29, 0.717) is 36.5 Å². The second-order valence-corrected chi connectivity index (χ2v) is 18.7. The summed E-state index contributed by atoms with van der Waals surface area (Å²) in [6.07, 6.45) is 8.07. The molecule has 2 unspecified atom stereocenters. The zero-order valence-electron chi connectivity index (χ0n) is 31.6. The van der Waals surface area contributed by atoms with Crippen LogP contribution in [0.25, 0.3) is 0 Å². The first-order valence-corrected chi connectivity index (χ1v) is 20.0. The number of urea groups is 2. The van der Waals surface area contributed by atoms with Crippen molar-refractivity contribution in [2.45, 2.75) is 130 Å². The minimum atomic E-state index is -1.38. The molecule has 6 amide bonds. The molecule has 0 aromatic heterocycles. The second-order valence-electron chi connectivity index (χ2n) is 18.7. The summed E-state index contributed by atoms with van der Waals surface area (Å²) in [6, 6.07) is 6.55. The van der Waals surface area contributed by atoms with Gasteiger partial charge in [-0.3, -0.25) is 34.7 Å². The third-order valence-electron chi connectivity index (χ3n) is 16.9.